The Labute approximate surface area is 197 Å². The molecule has 1 unspecified atom stereocenters. The lowest BCUT2D eigenvalue weighted by molar-refractivity contribution is -0.150. The van der Waals surface area contributed by atoms with Gasteiger partial charge in [-0.2, -0.15) is 0 Å². The second-order valence-corrected chi connectivity index (χ2v) is 8.52. The SMILES string of the molecule is CCOC(=O)C1CCCN(CCOC(c2ccccc2)(c2ccccc2)c2ccccc2)C1. The summed E-state index contributed by atoms with van der Waals surface area (Å²) >= 11 is 0. The summed E-state index contributed by atoms with van der Waals surface area (Å²) in [6.45, 7) is 5.33. The third-order valence-corrected chi connectivity index (χ3v) is 6.39. The molecular weight excluding hydrogens is 410 g/mol. The highest BCUT2D eigenvalue weighted by Crippen LogP contribution is 2.40. The number of nitrogens with zero attached hydrogens (tertiary/aromatic N) is 1. The summed E-state index contributed by atoms with van der Waals surface area (Å²) in [4.78, 5) is 14.6. The van der Waals surface area contributed by atoms with Crippen LogP contribution >= 0.6 is 0 Å². The molecule has 0 bridgehead atoms. The second-order valence-electron chi connectivity index (χ2n) is 8.52. The highest BCUT2D eigenvalue weighted by molar-refractivity contribution is 5.72. The van der Waals surface area contributed by atoms with Crippen molar-refractivity contribution in [3.8, 4) is 0 Å². The summed E-state index contributed by atoms with van der Waals surface area (Å²) in [6.07, 6.45) is 1.91. The van der Waals surface area contributed by atoms with Crippen molar-refractivity contribution in [1.29, 1.82) is 0 Å². The summed E-state index contributed by atoms with van der Waals surface area (Å²) in [5.74, 6) is -0.115. The van der Waals surface area contributed by atoms with Gasteiger partial charge in [-0.15, -0.1) is 0 Å². The van der Waals surface area contributed by atoms with Crippen molar-refractivity contribution < 1.29 is 14.3 Å². The van der Waals surface area contributed by atoms with Crippen LogP contribution in [-0.4, -0.2) is 43.7 Å². The molecule has 33 heavy (non-hydrogen) atoms. The van der Waals surface area contributed by atoms with Crippen LogP contribution in [0.4, 0.5) is 0 Å². The predicted octanol–water partition coefficient (Wildman–Crippen LogP) is 5.27. The maximum absolute atomic E-state index is 12.3. The van der Waals surface area contributed by atoms with E-state index in [0.29, 0.717) is 13.2 Å². The topological polar surface area (TPSA) is 38.8 Å². The molecule has 0 aromatic heterocycles. The molecule has 4 nitrogen and oxygen atoms in total. The lowest BCUT2D eigenvalue weighted by Gasteiger charge is -2.37. The van der Waals surface area contributed by atoms with Gasteiger partial charge in [0, 0.05) is 13.1 Å². The Bertz CT molecular complexity index is 894. The first-order valence-corrected chi connectivity index (χ1v) is 11.9. The van der Waals surface area contributed by atoms with E-state index in [4.69, 9.17) is 9.47 Å². The van der Waals surface area contributed by atoms with Crippen molar-refractivity contribution in [2.75, 3.05) is 32.8 Å². The Morgan fingerprint density at radius 2 is 1.39 bits per heavy atom. The number of carbonyl (C=O) groups excluding carboxylic acids is 1. The first-order valence-electron chi connectivity index (χ1n) is 11.9. The van der Waals surface area contributed by atoms with Gasteiger partial charge in [0.1, 0.15) is 5.60 Å². The molecule has 1 atom stereocenters. The number of benzene rings is 3. The number of hydrogen-bond acceptors (Lipinski definition) is 4. The summed E-state index contributed by atoms with van der Waals surface area (Å²) < 4.78 is 12.1. The highest BCUT2D eigenvalue weighted by atomic mass is 16.5. The fraction of sp³-hybridized carbons (Fsp3) is 0.345. The molecule has 4 rings (SSSR count). The van der Waals surface area contributed by atoms with Crippen molar-refractivity contribution in [3.05, 3.63) is 108 Å². The molecular formula is C29H33NO3. The van der Waals surface area contributed by atoms with Gasteiger partial charge in [0.25, 0.3) is 0 Å². The average molecular weight is 444 g/mol. The number of ether oxygens (including phenoxy) is 2. The fourth-order valence-electron chi connectivity index (χ4n) is 4.81. The van der Waals surface area contributed by atoms with E-state index in [0.717, 1.165) is 49.2 Å². The number of piperidine rings is 1. The fourth-order valence-corrected chi connectivity index (χ4v) is 4.81. The maximum atomic E-state index is 12.3. The van der Waals surface area contributed by atoms with E-state index in [1.54, 1.807) is 0 Å². The first kappa shape index (κ1) is 23.2. The Morgan fingerprint density at radius 3 is 1.88 bits per heavy atom. The molecule has 1 aliphatic rings. The molecule has 0 aliphatic carbocycles. The van der Waals surface area contributed by atoms with Gasteiger partial charge in [-0.25, -0.2) is 0 Å². The normalized spacial score (nSPS) is 16.9. The molecule has 1 heterocycles. The molecule has 0 N–H and O–H groups in total. The Morgan fingerprint density at radius 1 is 0.879 bits per heavy atom. The van der Waals surface area contributed by atoms with Crippen LogP contribution in [0, 0.1) is 5.92 Å². The average Bonchev–Trinajstić information content (AvgIpc) is 2.89. The molecule has 4 heteroatoms. The van der Waals surface area contributed by atoms with Crippen LogP contribution < -0.4 is 0 Å². The van der Waals surface area contributed by atoms with Crippen LogP contribution in [0.2, 0.25) is 0 Å². The van der Waals surface area contributed by atoms with E-state index >= 15 is 0 Å². The van der Waals surface area contributed by atoms with Crippen LogP contribution in [0.25, 0.3) is 0 Å². The Hall–Kier alpha value is -2.95. The summed E-state index contributed by atoms with van der Waals surface area (Å²) in [7, 11) is 0. The molecule has 1 saturated heterocycles. The molecule has 1 aliphatic heterocycles. The molecule has 3 aromatic rings. The second kappa shape index (κ2) is 11.3. The van der Waals surface area contributed by atoms with Gasteiger partial charge >= 0.3 is 5.97 Å². The minimum Gasteiger partial charge on any atom is -0.466 e. The number of hydrogen-bond donors (Lipinski definition) is 0. The molecule has 3 aromatic carbocycles. The quantitative estimate of drug-likeness (QED) is 0.334. The summed E-state index contributed by atoms with van der Waals surface area (Å²) in [5.41, 5.74) is 2.60. The third-order valence-electron chi connectivity index (χ3n) is 6.39. The van der Waals surface area contributed by atoms with E-state index < -0.39 is 5.60 Å². The lowest BCUT2D eigenvalue weighted by atomic mass is 9.80. The standard InChI is InChI=1S/C29H33NO3/c1-2-32-28(31)24-13-12-20-30(23-24)21-22-33-29(25-14-6-3-7-15-25,26-16-8-4-9-17-26)27-18-10-5-11-19-27/h3-11,14-19,24H,2,12-13,20-23H2,1H3. The monoisotopic (exact) mass is 443 g/mol. The van der Waals surface area contributed by atoms with Gasteiger partial charge in [-0.1, -0.05) is 91.0 Å². The van der Waals surface area contributed by atoms with Gasteiger partial charge in [-0.3, -0.25) is 4.79 Å². The van der Waals surface area contributed by atoms with Crippen LogP contribution in [0.3, 0.4) is 0 Å². The number of esters is 1. The van der Waals surface area contributed by atoms with E-state index in [9.17, 15) is 4.79 Å². The van der Waals surface area contributed by atoms with Crippen molar-refractivity contribution in [3.63, 3.8) is 0 Å². The zero-order chi connectivity index (χ0) is 22.9. The van der Waals surface area contributed by atoms with E-state index in [1.807, 2.05) is 25.1 Å². The maximum Gasteiger partial charge on any atom is 0.310 e. The van der Waals surface area contributed by atoms with Gasteiger partial charge in [0.05, 0.1) is 19.1 Å². The summed E-state index contributed by atoms with van der Waals surface area (Å²) in [6, 6.07) is 31.3. The van der Waals surface area contributed by atoms with Crippen molar-refractivity contribution >= 4 is 5.97 Å². The molecule has 0 radical (unpaired) electrons. The van der Waals surface area contributed by atoms with Gasteiger partial charge in [0.15, 0.2) is 0 Å². The van der Waals surface area contributed by atoms with Crippen LogP contribution in [0.5, 0.6) is 0 Å². The zero-order valence-electron chi connectivity index (χ0n) is 19.4. The highest BCUT2D eigenvalue weighted by Gasteiger charge is 2.37. The zero-order valence-corrected chi connectivity index (χ0v) is 19.4. The molecule has 1 fully saturated rings. The van der Waals surface area contributed by atoms with Crippen molar-refractivity contribution in [1.82, 2.24) is 4.90 Å². The van der Waals surface area contributed by atoms with Crippen molar-refractivity contribution in [2.24, 2.45) is 5.92 Å². The minimum absolute atomic E-state index is 0.0409. The summed E-state index contributed by atoms with van der Waals surface area (Å²) in [5, 5.41) is 0. The van der Waals surface area contributed by atoms with E-state index in [-0.39, 0.29) is 11.9 Å². The Balaban J connectivity index is 1.59. The lowest BCUT2D eigenvalue weighted by Crippen LogP contribution is -2.42. The van der Waals surface area contributed by atoms with Crippen LogP contribution in [-0.2, 0) is 19.9 Å². The first-order chi connectivity index (χ1) is 16.2. The number of rotatable bonds is 9. The van der Waals surface area contributed by atoms with Gasteiger partial charge in [-0.05, 0) is 43.0 Å². The van der Waals surface area contributed by atoms with E-state index in [1.165, 1.54) is 0 Å². The molecule has 0 amide bonds. The van der Waals surface area contributed by atoms with Gasteiger partial charge < -0.3 is 14.4 Å². The molecule has 172 valence electrons. The number of likely N-dealkylation sites (tertiary alicyclic amines) is 1. The van der Waals surface area contributed by atoms with Crippen LogP contribution in [0.15, 0.2) is 91.0 Å². The smallest absolute Gasteiger partial charge is 0.310 e. The Kier molecular flexibility index (Phi) is 7.92. The van der Waals surface area contributed by atoms with Crippen molar-refractivity contribution in [2.45, 2.75) is 25.4 Å². The minimum atomic E-state index is -0.708. The molecule has 0 saturated carbocycles. The van der Waals surface area contributed by atoms with Gasteiger partial charge in [0.2, 0.25) is 0 Å². The number of carbonyl (C=O) groups is 1. The van der Waals surface area contributed by atoms with Crippen LogP contribution in [0.1, 0.15) is 36.5 Å². The largest absolute Gasteiger partial charge is 0.466 e. The third kappa shape index (κ3) is 5.35. The predicted molar refractivity (Wildman–Crippen MR) is 131 cm³/mol. The molecule has 0 spiro atoms. The van der Waals surface area contributed by atoms with E-state index in [2.05, 4.69) is 77.7 Å².